The summed E-state index contributed by atoms with van der Waals surface area (Å²) in [5, 5.41) is 6.16. The van der Waals surface area contributed by atoms with Crippen molar-refractivity contribution < 1.29 is 4.79 Å². The van der Waals surface area contributed by atoms with E-state index in [1.54, 1.807) is 0 Å². The van der Waals surface area contributed by atoms with Crippen molar-refractivity contribution in [3.8, 4) is 0 Å². The Morgan fingerprint density at radius 2 is 2.36 bits per heavy atom. The normalized spacial score (nSPS) is 25.4. The average Bonchev–Trinajstić information content (AvgIpc) is 1.85. The summed E-state index contributed by atoms with van der Waals surface area (Å²) < 4.78 is 0. The van der Waals surface area contributed by atoms with Gasteiger partial charge in [-0.25, -0.2) is 0 Å². The summed E-state index contributed by atoms with van der Waals surface area (Å²) in [5.74, 6) is 0.175. The second kappa shape index (κ2) is 3.72. The van der Waals surface area contributed by atoms with Crippen LogP contribution in [-0.2, 0) is 4.79 Å². The fourth-order valence-corrected chi connectivity index (χ4v) is 1.40. The summed E-state index contributed by atoms with van der Waals surface area (Å²) in [4.78, 5) is 10.9. The van der Waals surface area contributed by atoms with Crippen LogP contribution in [0.15, 0.2) is 0 Å². The van der Waals surface area contributed by atoms with E-state index >= 15 is 0 Å². The van der Waals surface area contributed by atoms with Gasteiger partial charge in [0.2, 0.25) is 5.91 Å². The summed E-state index contributed by atoms with van der Waals surface area (Å²) in [6, 6.07) is 0.870. The first-order valence-electron chi connectivity index (χ1n) is 4.21. The number of piperidine rings is 1. The van der Waals surface area contributed by atoms with Gasteiger partial charge < -0.3 is 10.6 Å². The van der Waals surface area contributed by atoms with E-state index in [1.807, 2.05) is 0 Å². The highest BCUT2D eigenvalue weighted by atomic mass is 16.1. The lowest BCUT2D eigenvalue weighted by atomic mass is 10.1. The van der Waals surface area contributed by atoms with Gasteiger partial charge in [0.25, 0.3) is 0 Å². The second-order valence-electron chi connectivity index (χ2n) is 3.36. The molecule has 1 unspecified atom stereocenters. The van der Waals surface area contributed by atoms with E-state index < -0.39 is 0 Å². The van der Waals surface area contributed by atoms with Crippen LogP contribution in [0.3, 0.4) is 0 Å². The predicted octanol–water partition coefficient (Wildman–Crippen LogP) is 0.263. The molecule has 0 bridgehead atoms. The molecular weight excluding hydrogens is 140 g/mol. The molecule has 1 heterocycles. The van der Waals surface area contributed by atoms with Crippen molar-refractivity contribution in [3.05, 3.63) is 0 Å². The number of rotatable bonds is 2. The fraction of sp³-hybridized carbons (Fsp3) is 0.875. The van der Waals surface area contributed by atoms with Crippen LogP contribution in [-0.4, -0.2) is 24.5 Å². The second-order valence-corrected chi connectivity index (χ2v) is 3.36. The Kier molecular flexibility index (Phi) is 2.88. The Morgan fingerprint density at radius 3 is 2.91 bits per heavy atom. The molecule has 64 valence electrons. The zero-order valence-electron chi connectivity index (χ0n) is 7.18. The van der Waals surface area contributed by atoms with Crippen molar-refractivity contribution >= 4 is 5.91 Å². The average molecular weight is 156 g/mol. The van der Waals surface area contributed by atoms with Gasteiger partial charge >= 0.3 is 0 Å². The maximum Gasteiger partial charge on any atom is 0.221 e. The van der Waals surface area contributed by atoms with Crippen molar-refractivity contribution in [3.63, 3.8) is 0 Å². The van der Waals surface area contributed by atoms with Gasteiger partial charge in [0.15, 0.2) is 0 Å². The first kappa shape index (κ1) is 8.53. The summed E-state index contributed by atoms with van der Waals surface area (Å²) in [5.41, 5.74) is 0. The lowest BCUT2D eigenvalue weighted by Gasteiger charge is -2.24. The van der Waals surface area contributed by atoms with Crippen molar-refractivity contribution in [1.82, 2.24) is 10.6 Å². The molecule has 0 spiro atoms. The quantitative estimate of drug-likeness (QED) is 0.602. The molecule has 0 aliphatic carbocycles. The van der Waals surface area contributed by atoms with Gasteiger partial charge in [-0.1, -0.05) is 13.8 Å². The van der Waals surface area contributed by atoms with Crippen LogP contribution in [0.1, 0.15) is 26.7 Å². The fourth-order valence-electron chi connectivity index (χ4n) is 1.40. The van der Waals surface area contributed by atoms with Crippen LogP contribution in [0.2, 0.25) is 0 Å². The van der Waals surface area contributed by atoms with Crippen LogP contribution in [0.25, 0.3) is 0 Å². The third-order valence-electron chi connectivity index (χ3n) is 1.82. The van der Waals surface area contributed by atoms with Crippen LogP contribution in [0, 0.1) is 0 Å². The molecule has 1 atom stereocenters. The summed E-state index contributed by atoms with van der Waals surface area (Å²) in [6.45, 7) is 5.03. The highest BCUT2D eigenvalue weighted by Gasteiger charge is 2.18. The molecular formula is C8H16N2O. The van der Waals surface area contributed by atoms with E-state index in [-0.39, 0.29) is 5.91 Å². The number of carbonyl (C=O) groups excluding carboxylic acids is 1. The van der Waals surface area contributed by atoms with Gasteiger partial charge in [-0.05, 0) is 6.42 Å². The van der Waals surface area contributed by atoms with Gasteiger partial charge in [0.1, 0.15) is 0 Å². The number of hydrogen-bond donors (Lipinski definition) is 2. The third kappa shape index (κ3) is 2.89. The highest BCUT2D eigenvalue weighted by Crippen LogP contribution is 2.03. The SMILES string of the molecule is CC(C)NC1CCNC(=O)C1. The summed E-state index contributed by atoms with van der Waals surface area (Å²) >= 11 is 0. The molecule has 0 aromatic carbocycles. The van der Waals surface area contributed by atoms with Crippen LogP contribution in [0.4, 0.5) is 0 Å². The molecule has 0 aromatic rings. The smallest absolute Gasteiger partial charge is 0.221 e. The van der Waals surface area contributed by atoms with Gasteiger partial charge in [-0.15, -0.1) is 0 Å². The Hall–Kier alpha value is -0.570. The molecule has 0 saturated carbocycles. The summed E-state index contributed by atoms with van der Waals surface area (Å²) in [7, 11) is 0. The zero-order valence-corrected chi connectivity index (χ0v) is 7.18. The molecule has 2 N–H and O–H groups in total. The van der Waals surface area contributed by atoms with E-state index in [2.05, 4.69) is 24.5 Å². The van der Waals surface area contributed by atoms with E-state index in [1.165, 1.54) is 0 Å². The first-order valence-corrected chi connectivity index (χ1v) is 4.21. The van der Waals surface area contributed by atoms with Crippen LogP contribution >= 0.6 is 0 Å². The number of hydrogen-bond acceptors (Lipinski definition) is 2. The molecule has 11 heavy (non-hydrogen) atoms. The molecule has 1 aliphatic rings. The first-order chi connectivity index (χ1) is 5.18. The molecule has 0 aromatic heterocycles. The molecule has 0 radical (unpaired) electrons. The van der Waals surface area contributed by atoms with Gasteiger partial charge in [-0.3, -0.25) is 4.79 Å². The maximum atomic E-state index is 10.9. The lowest BCUT2D eigenvalue weighted by Crippen LogP contribution is -2.45. The predicted molar refractivity (Wildman–Crippen MR) is 44.3 cm³/mol. The molecule has 3 nitrogen and oxygen atoms in total. The third-order valence-corrected chi connectivity index (χ3v) is 1.82. The van der Waals surface area contributed by atoms with Crippen molar-refractivity contribution in [2.75, 3.05) is 6.54 Å². The Labute approximate surface area is 67.5 Å². The molecule has 1 aliphatic heterocycles. The molecule has 3 heteroatoms. The molecule has 1 rings (SSSR count). The highest BCUT2D eigenvalue weighted by molar-refractivity contribution is 5.77. The van der Waals surface area contributed by atoms with Crippen molar-refractivity contribution in [1.29, 1.82) is 0 Å². The lowest BCUT2D eigenvalue weighted by molar-refractivity contribution is -0.122. The minimum absolute atomic E-state index is 0.175. The maximum absolute atomic E-state index is 10.9. The Morgan fingerprint density at radius 1 is 1.64 bits per heavy atom. The van der Waals surface area contributed by atoms with E-state index in [4.69, 9.17) is 0 Å². The molecule has 1 fully saturated rings. The molecule has 1 amide bonds. The summed E-state index contributed by atoms with van der Waals surface area (Å²) in [6.07, 6.45) is 1.70. The molecule has 1 saturated heterocycles. The van der Waals surface area contributed by atoms with Gasteiger partial charge in [-0.2, -0.15) is 0 Å². The van der Waals surface area contributed by atoms with Crippen LogP contribution in [0.5, 0.6) is 0 Å². The standard InChI is InChI=1S/C8H16N2O/c1-6(2)10-7-3-4-9-8(11)5-7/h6-7,10H,3-5H2,1-2H3,(H,9,11). The van der Waals surface area contributed by atoms with Gasteiger partial charge in [0.05, 0.1) is 0 Å². The van der Waals surface area contributed by atoms with E-state index in [0.29, 0.717) is 18.5 Å². The minimum Gasteiger partial charge on any atom is -0.356 e. The van der Waals surface area contributed by atoms with E-state index in [9.17, 15) is 4.79 Å². The number of amides is 1. The number of nitrogens with one attached hydrogen (secondary N) is 2. The van der Waals surface area contributed by atoms with E-state index in [0.717, 1.165) is 13.0 Å². The van der Waals surface area contributed by atoms with Crippen LogP contribution < -0.4 is 10.6 Å². The van der Waals surface area contributed by atoms with Crippen molar-refractivity contribution in [2.24, 2.45) is 0 Å². The van der Waals surface area contributed by atoms with Crippen molar-refractivity contribution in [2.45, 2.75) is 38.8 Å². The van der Waals surface area contributed by atoms with Gasteiger partial charge in [0, 0.05) is 25.0 Å². The Balaban J connectivity index is 2.28. The largest absolute Gasteiger partial charge is 0.356 e. The monoisotopic (exact) mass is 156 g/mol. The Bertz CT molecular complexity index is 145. The number of carbonyl (C=O) groups is 1. The minimum atomic E-state index is 0.175. The topological polar surface area (TPSA) is 41.1 Å². The zero-order chi connectivity index (χ0) is 8.27.